The predicted octanol–water partition coefficient (Wildman–Crippen LogP) is 7.29. The van der Waals surface area contributed by atoms with Crippen LogP contribution in [-0.2, 0) is 50.0 Å². The highest BCUT2D eigenvalue weighted by Crippen LogP contribution is 2.24. The Hall–Kier alpha value is -5.83. The lowest BCUT2D eigenvalue weighted by Gasteiger charge is -2.29. The second-order valence-electron chi connectivity index (χ2n) is 18.9. The van der Waals surface area contributed by atoms with E-state index in [1.165, 1.54) is 71.9 Å². The maximum absolute atomic E-state index is 15.5. The summed E-state index contributed by atoms with van der Waals surface area (Å²) in [6.45, 7) is 22.7. The Morgan fingerprint density at radius 3 is 1.71 bits per heavy atom. The predicted molar refractivity (Wildman–Crippen MR) is 228 cm³/mol. The molecular weight excluding hydrogens is 850 g/mol. The highest BCUT2D eigenvalue weighted by atomic mass is 32.2. The van der Waals surface area contributed by atoms with E-state index in [9.17, 15) is 37.2 Å². The third-order valence-electron chi connectivity index (χ3n) is 6.78. The van der Waals surface area contributed by atoms with Crippen molar-refractivity contribution in [2.24, 2.45) is 4.99 Å². The maximum Gasteiger partial charge on any atom is 0.437 e. The molecule has 2 aromatic carbocycles. The van der Waals surface area contributed by atoms with E-state index in [-0.39, 0.29) is 27.1 Å². The van der Waals surface area contributed by atoms with E-state index in [1.54, 1.807) is 62.3 Å². The van der Waals surface area contributed by atoms with Crippen molar-refractivity contribution in [2.75, 3.05) is 5.32 Å². The molecule has 0 aromatic heterocycles. The molecule has 0 aliphatic carbocycles. The van der Waals surface area contributed by atoms with Crippen molar-refractivity contribution in [2.45, 2.75) is 151 Å². The zero-order valence-corrected chi connectivity index (χ0v) is 39.2. The molecule has 0 aliphatic rings. The van der Waals surface area contributed by atoms with Crippen LogP contribution in [0.4, 0.5) is 24.5 Å². The molecule has 0 heterocycles. The van der Waals surface area contributed by atoms with E-state index in [4.69, 9.17) is 28.4 Å². The number of hydrogen-bond acceptors (Lipinski definition) is 14. The Morgan fingerprint density at radius 1 is 0.698 bits per heavy atom. The van der Waals surface area contributed by atoms with Gasteiger partial charge < -0.3 is 33.7 Å². The number of nitrogens with zero attached hydrogens (tertiary/aromatic N) is 2. The fourth-order valence-corrected chi connectivity index (χ4v) is 5.86. The molecule has 2 aromatic rings. The molecule has 0 aliphatic heterocycles. The average Bonchev–Trinajstić information content (AvgIpc) is 3.03. The molecular formula is C42H60FN5O14S. The summed E-state index contributed by atoms with van der Waals surface area (Å²) in [5.74, 6) is -5.14. The van der Waals surface area contributed by atoms with Crippen LogP contribution in [0.2, 0.25) is 0 Å². The average molecular weight is 910 g/mol. The highest BCUT2D eigenvalue weighted by molar-refractivity contribution is 7.87. The van der Waals surface area contributed by atoms with Crippen molar-refractivity contribution >= 4 is 58.0 Å². The number of rotatable bonds is 11. The standard InChI is InChI=1S/C42H60FN5O14S/c1-38(2,3)58-31(49)23-29(33(51)59-39(4,5)6)47-63(55,56)48(37(54)62-42(13,14)15)24-25-16-21-30(28(43)22-25)57-32(50)26-17-19-27(20-18-26)44-34(45-35(52)60-40(7,8)9)46-36(53)61-41(10,11)12/h16-22,29,47H,23-24H2,1-15H3,(H2,44,45,46,52,53)/t29-/m0/s1. The Bertz CT molecular complexity index is 2140. The lowest BCUT2D eigenvalue weighted by atomic mass is 10.1. The number of aliphatic imine (C=N–C) groups is 1. The number of carbonyl (C=O) groups excluding carboxylic acids is 6. The Morgan fingerprint density at radius 2 is 1.22 bits per heavy atom. The summed E-state index contributed by atoms with van der Waals surface area (Å²) in [6, 6.07) is 6.49. The third-order valence-corrected chi connectivity index (χ3v) is 8.23. The van der Waals surface area contributed by atoms with Crippen molar-refractivity contribution in [3.63, 3.8) is 0 Å². The van der Waals surface area contributed by atoms with Crippen LogP contribution in [0.25, 0.3) is 0 Å². The van der Waals surface area contributed by atoms with Crippen LogP contribution < -0.4 is 20.1 Å². The van der Waals surface area contributed by atoms with E-state index < -0.39 is 105 Å². The van der Waals surface area contributed by atoms with Gasteiger partial charge in [0.05, 0.1) is 18.5 Å². The van der Waals surface area contributed by atoms with Gasteiger partial charge in [-0.25, -0.2) is 23.6 Å². The Labute approximate surface area is 367 Å². The number of carbonyl (C=O) groups is 6. The molecule has 0 spiro atoms. The summed E-state index contributed by atoms with van der Waals surface area (Å²) in [4.78, 5) is 81.0. The summed E-state index contributed by atoms with van der Waals surface area (Å²) >= 11 is 0. The molecule has 63 heavy (non-hydrogen) atoms. The number of nitrogens with one attached hydrogen (secondary N) is 3. The van der Waals surface area contributed by atoms with Crippen molar-refractivity contribution in [3.05, 3.63) is 59.4 Å². The highest BCUT2D eigenvalue weighted by Gasteiger charge is 2.38. The molecule has 1 atom stereocenters. The molecule has 2 rings (SSSR count). The van der Waals surface area contributed by atoms with E-state index >= 15 is 4.39 Å². The Kier molecular flexibility index (Phi) is 17.4. The molecule has 0 unspecified atom stereocenters. The minimum atomic E-state index is -5.07. The first-order chi connectivity index (χ1) is 28.4. The van der Waals surface area contributed by atoms with Crippen LogP contribution in [0.1, 0.15) is 126 Å². The van der Waals surface area contributed by atoms with Gasteiger partial charge in [-0.3, -0.25) is 14.9 Å². The van der Waals surface area contributed by atoms with Gasteiger partial charge in [0.1, 0.15) is 34.0 Å². The molecule has 0 bridgehead atoms. The van der Waals surface area contributed by atoms with Gasteiger partial charge >= 0.3 is 46.4 Å². The number of guanidine groups is 1. The molecule has 350 valence electrons. The minimum Gasteiger partial charge on any atom is -0.460 e. The van der Waals surface area contributed by atoms with Crippen LogP contribution in [0.15, 0.2) is 47.5 Å². The van der Waals surface area contributed by atoms with Crippen LogP contribution in [0, 0.1) is 5.82 Å². The van der Waals surface area contributed by atoms with Gasteiger partial charge in [-0.2, -0.15) is 17.4 Å². The summed E-state index contributed by atoms with van der Waals surface area (Å²) in [7, 11) is -5.07. The number of hydrogen-bond donors (Lipinski definition) is 3. The smallest absolute Gasteiger partial charge is 0.437 e. The van der Waals surface area contributed by atoms with E-state index in [0.717, 1.165) is 12.1 Å². The first-order valence-corrected chi connectivity index (χ1v) is 21.0. The number of anilines is 1. The molecule has 3 N–H and O–H groups in total. The van der Waals surface area contributed by atoms with Crippen LogP contribution in [0.3, 0.4) is 0 Å². The van der Waals surface area contributed by atoms with Crippen LogP contribution in [0.5, 0.6) is 5.75 Å². The van der Waals surface area contributed by atoms with Gasteiger partial charge in [0.25, 0.3) is 0 Å². The molecule has 0 saturated heterocycles. The van der Waals surface area contributed by atoms with Gasteiger partial charge in [-0.05, 0) is 146 Å². The molecule has 21 heteroatoms. The maximum atomic E-state index is 15.5. The molecule has 3 amide bonds. The number of amides is 3. The largest absolute Gasteiger partial charge is 0.460 e. The van der Waals surface area contributed by atoms with Gasteiger partial charge in [0, 0.05) is 5.69 Å². The summed E-state index contributed by atoms with van der Waals surface area (Å²) < 4.78 is 77.1. The van der Waals surface area contributed by atoms with E-state index in [1.807, 2.05) is 4.72 Å². The summed E-state index contributed by atoms with van der Waals surface area (Å²) in [5, 5.41) is 5.06. The monoisotopic (exact) mass is 909 g/mol. The molecule has 0 radical (unpaired) electrons. The quantitative estimate of drug-likeness (QED) is 0.0659. The summed E-state index contributed by atoms with van der Waals surface area (Å²) in [6.07, 6.45) is -4.17. The second-order valence-corrected chi connectivity index (χ2v) is 20.5. The van der Waals surface area contributed by atoms with E-state index in [0.29, 0.717) is 0 Å². The van der Waals surface area contributed by atoms with Gasteiger partial charge in [-0.15, -0.1) is 4.99 Å². The number of ether oxygens (including phenoxy) is 6. The van der Waals surface area contributed by atoms with Gasteiger partial charge in [0.15, 0.2) is 11.6 Å². The Balaban J connectivity index is 2.37. The third kappa shape index (κ3) is 20.7. The topological polar surface area (TPSA) is 244 Å². The summed E-state index contributed by atoms with van der Waals surface area (Å²) in [5.41, 5.74) is -5.01. The van der Waals surface area contributed by atoms with Crippen LogP contribution in [-0.4, -0.2) is 88.9 Å². The molecule has 19 nitrogen and oxygen atoms in total. The lowest BCUT2D eigenvalue weighted by Crippen LogP contribution is -2.53. The second kappa shape index (κ2) is 20.6. The van der Waals surface area contributed by atoms with Gasteiger partial charge in [-0.1, -0.05) is 6.07 Å². The van der Waals surface area contributed by atoms with Crippen molar-refractivity contribution in [1.82, 2.24) is 14.3 Å². The minimum absolute atomic E-state index is 0.0612. The van der Waals surface area contributed by atoms with Crippen molar-refractivity contribution < 1.29 is 70.0 Å². The number of esters is 3. The van der Waals surface area contributed by atoms with Crippen LogP contribution >= 0.6 is 0 Å². The first-order valence-electron chi connectivity index (χ1n) is 19.6. The SMILES string of the molecule is CC(C)(C)OC(=O)C[C@H](NS(=O)(=O)N(Cc1ccc(OC(=O)c2ccc(NC(=NC(=O)OC(C)(C)C)NC(=O)OC(C)(C)C)cc2)c(F)c1)C(=O)OC(C)(C)C)C(=O)OC(C)(C)C. The van der Waals surface area contributed by atoms with Crippen molar-refractivity contribution in [1.29, 1.82) is 0 Å². The molecule has 0 fully saturated rings. The van der Waals surface area contributed by atoms with Gasteiger partial charge in [0.2, 0.25) is 5.96 Å². The molecule has 0 saturated carbocycles. The first kappa shape index (κ1) is 53.3. The zero-order chi connectivity index (χ0) is 48.5. The van der Waals surface area contributed by atoms with Crippen molar-refractivity contribution in [3.8, 4) is 5.75 Å². The van der Waals surface area contributed by atoms with E-state index in [2.05, 4.69) is 15.6 Å². The normalized spacial score (nSPS) is 13.2. The number of alkyl carbamates (subject to hydrolysis) is 1. The fraction of sp³-hybridized carbons (Fsp3) is 0.548. The fourth-order valence-electron chi connectivity index (χ4n) is 4.64. The number of benzene rings is 2. The number of halogens is 1. The zero-order valence-electron chi connectivity index (χ0n) is 38.4. The lowest BCUT2D eigenvalue weighted by molar-refractivity contribution is -0.164.